The Morgan fingerprint density at radius 2 is 1.91 bits per heavy atom. The van der Waals surface area contributed by atoms with Crippen molar-refractivity contribution >= 4 is 22.7 Å². The summed E-state index contributed by atoms with van der Waals surface area (Å²) in [5, 5.41) is 18.0. The monoisotopic (exact) mass is 312 g/mol. The third-order valence-electron chi connectivity index (χ3n) is 3.53. The molecule has 0 spiro atoms. The van der Waals surface area contributed by atoms with Gasteiger partial charge < -0.3 is 9.67 Å². The molecule has 2 N–H and O–H groups in total. The minimum absolute atomic E-state index is 0.0635. The highest BCUT2D eigenvalue weighted by molar-refractivity contribution is 5.83. The lowest BCUT2D eigenvalue weighted by atomic mass is 10.2. The summed E-state index contributed by atoms with van der Waals surface area (Å²) in [5.74, 6) is -0.302. The Balaban J connectivity index is 2.20. The zero-order valence-electron chi connectivity index (χ0n) is 12.1. The maximum Gasteiger partial charge on any atom is 0.318 e. The van der Waals surface area contributed by atoms with E-state index < -0.39 is 5.97 Å². The van der Waals surface area contributed by atoms with Crippen LogP contribution in [0, 0.1) is 4.91 Å². The second-order valence-corrected chi connectivity index (χ2v) is 5.04. The lowest BCUT2D eigenvalue weighted by molar-refractivity contribution is -0.729. The van der Waals surface area contributed by atoms with Crippen molar-refractivity contribution in [1.82, 2.24) is 9.55 Å². The molecule has 0 aliphatic rings. The van der Waals surface area contributed by atoms with Crippen molar-refractivity contribution in [2.24, 2.45) is 0 Å². The molecular weight excluding hydrogens is 298 g/mol. The summed E-state index contributed by atoms with van der Waals surface area (Å²) in [7, 11) is 0. The van der Waals surface area contributed by atoms with E-state index in [1.807, 2.05) is 30.3 Å². The molecule has 0 fully saturated rings. The van der Waals surface area contributed by atoms with E-state index in [1.165, 1.54) is 12.1 Å². The minimum atomic E-state index is -0.922. The second kappa shape index (κ2) is 5.88. The number of aryl methyl sites for hydroxylation is 1. The first-order chi connectivity index (χ1) is 11.1. The van der Waals surface area contributed by atoms with Gasteiger partial charge in [0.15, 0.2) is 0 Å². The van der Waals surface area contributed by atoms with Crippen LogP contribution in [0.1, 0.15) is 6.42 Å². The molecule has 0 amide bonds. The summed E-state index contributed by atoms with van der Waals surface area (Å²) < 4.78 is 1.74. The Labute approximate surface area is 131 Å². The Morgan fingerprint density at radius 1 is 1.17 bits per heavy atom. The molecule has 0 radical (unpaired) electrons. The Bertz CT molecular complexity index is 887. The number of aromatic nitrogens is 2. The second-order valence-electron chi connectivity index (χ2n) is 5.04. The fourth-order valence-electron chi connectivity index (χ4n) is 2.47. The van der Waals surface area contributed by atoms with E-state index in [0.29, 0.717) is 16.9 Å². The van der Waals surface area contributed by atoms with Crippen molar-refractivity contribution in [3.8, 4) is 11.4 Å². The quantitative estimate of drug-likeness (QED) is 0.706. The van der Waals surface area contributed by atoms with Gasteiger partial charge in [-0.3, -0.25) is 4.79 Å². The van der Waals surface area contributed by atoms with Gasteiger partial charge in [0, 0.05) is 24.2 Å². The number of aliphatic carboxylic acids is 1. The predicted octanol–water partition coefficient (Wildman–Crippen LogP) is 2.98. The van der Waals surface area contributed by atoms with E-state index in [4.69, 9.17) is 10.3 Å². The van der Waals surface area contributed by atoms with Gasteiger partial charge in [0.2, 0.25) is 0 Å². The fourth-order valence-corrected chi connectivity index (χ4v) is 2.47. The van der Waals surface area contributed by atoms with Crippen LogP contribution in [0.4, 0.5) is 5.69 Å². The van der Waals surface area contributed by atoms with Gasteiger partial charge in [-0.2, -0.15) is 0 Å². The highest BCUT2D eigenvalue weighted by atomic mass is 16.6. The first kappa shape index (κ1) is 14.7. The molecule has 0 saturated carbocycles. The summed E-state index contributed by atoms with van der Waals surface area (Å²) in [5.41, 5.74) is 2.13. The molecular formula is C16H14N3O4+. The third-order valence-corrected chi connectivity index (χ3v) is 3.53. The van der Waals surface area contributed by atoms with E-state index in [0.717, 1.165) is 5.56 Å². The number of carboxylic acid groups (broad SMARTS) is 1. The number of rotatable bonds is 5. The van der Waals surface area contributed by atoms with Crippen LogP contribution < -0.4 is 0 Å². The molecule has 0 aliphatic heterocycles. The summed E-state index contributed by atoms with van der Waals surface area (Å²) in [6.07, 6.45) is -0.0737. The van der Waals surface area contributed by atoms with Crippen LogP contribution >= 0.6 is 0 Å². The number of hydrogen-bond acceptors (Lipinski definition) is 3. The summed E-state index contributed by atoms with van der Waals surface area (Å²) in [6.45, 7) is 0.212. The fraction of sp³-hybridized carbons (Fsp3) is 0.125. The molecule has 0 unspecified atom stereocenters. The Kier molecular flexibility index (Phi) is 3.76. The average Bonchev–Trinajstić information content (AvgIpc) is 2.91. The van der Waals surface area contributed by atoms with Gasteiger partial charge in [0.25, 0.3) is 4.92 Å². The molecule has 1 aromatic heterocycles. The number of nitrogens with zero attached hydrogens (tertiary/aromatic N) is 3. The summed E-state index contributed by atoms with van der Waals surface area (Å²) >= 11 is 0. The number of fused-ring (bicyclic) bond motifs is 1. The molecule has 3 aromatic rings. The average molecular weight is 312 g/mol. The lowest BCUT2D eigenvalue weighted by Gasteiger charge is -2.07. The van der Waals surface area contributed by atoms with Gasteiger partial charge >= 0.3 is 11.7 Å². The maximum atomic E-state index is 11.1. The molecule has 2 aromatic carbocycles. The van der Waals surface area contributed by atoms with E-state index in [-0.39, 0.29) is 23.6 Å². The maximum absolute atomic E-state index is 11.1. The summed E-state index contributed by atoms with van der Waals surface area (Å²) in [6, 6.07) is 13.9. The first-order valence-corrected chi connectivity index (χ1v) is 7.00. The first-order valence-electron chi connectivity index (χ1n) is 7.00. The van der Waals surface area contributed by atoms with Crippen LogP contribution in [0.3, 0.4) is 0 Å². The molecule has 0 atom stereocenters. The number of imidazole rings is 1. The highest BCUT2D eigenvalue weighted by Crippen LogP contribution is 2.27. The molecule has 7 nitrogen and oxygen atoms in total. The Morgan fingerprint density at radius 3 is 2.57 bits per heavy atom. The normalized spacial score (nSPS) is 10.8. The largest absolute Gasteiger partial charge is 0.481 e. The van der Waals surface area contributed by atoms with Crippen LogP contribution in [-0.4, -0.2) is 30.8 Å². The third kappa shape index (κ3) is 2.89. The van der Waals surface area contributed by atoms with Crippen LogP contribution in [0.2, 0.25) is 0 Å². The van der Waals surface area contributed by atoms with Gasteiger partial charge in [0.05, 0.1) is 22.4 Å². The molecule has 1 heterocycles. The molecule has 7 heteroatoms. The number of carboxylic acids is 1. The molecule has 116 valence electrons. The lowest BCUT2D eigenvalue weighted by Crippen LogP contribution is -2.06. The van der Waals surface area contributed by atoms with Crippen molar-refractivity contribution in [3.05, 3.63) is 53.4 Å². The predicted molar refractivity (Wildman–Crippen MR) is 82.5 cm³/mol. The number of hydrogen-bond donors (Lipinski definition) is 2. The van der Waals surface area contributed by atoms with Crippen LogP contribution in [0.25, 0.3) is 22.4 Å². The minimum Gasteiger partial charge on any atom is -0.481 e. The van der Waals surface area contributed by atoms with Crippen LogP contribution in [-0.2, 0) is 11.3 Å². The van der Waals surface area contributed by atoms with E-state index >= 15 is 0 Å². The van der Waals surface area contributed by atoms with Gasteiger partial charge in [-0.15, -0.1) is 0 Å². The molecule has 0 aliphatic carbocycles. The number of benzene rings is 2. The van der Waals surface area contributed by atoms with Crippen molar-refractivity contribution in [3.63, 3.8) is 0 Å². The van der Waals surface area contributed by atoms with Crippen LogP contribution in [0.5, 0.6) is 0 Å². The van der Waals surface area contributed by atoms with Gasteiger partial charge in [-0.1, -0.05) is 30.3 Å². The van der Waals surface area contributed by atoms with Gasteiger partial charge in [-0.05, 0) is 6.07 Å². The van der Waals surface area contributed by atoms with Crippen LogP contribution in [0.15, 0.2) is 48.5 Å². The molecule has 23 heavy (non-hydrogen) atoms. The summed E-state index contributed by atoms with van der Waals surface area (Å²) in [4.78, 5) is 26.3. The van der Waals surface area contributed by atoms with Gasteiger partial charge in [0.1, 0.15) is 5.82 Å². The zero-order chi connectivity index (χ0) is 16.4. The Hall–Kier alpha value is -3.22. The standard InChI is InChI=1S/C16H13N3O4/c20-15(21)8-9-18-14-10-12(19(22)23)6-7-13(14)17-16(18)11-4-2-1-3-5-11/h1-7,10H,8-9H2,(H-,20,21,22,23)/p+1. The zero-order valence-corrected chi connectivity index (χ0v) is 12.1. The van der Waals surface area contributed by atoms with E-state index in [9.17, 15) is 9.70 Å². The van der Waals surface area contributed by atoms with E-state index in [2.05, 4.69) is 4.98 Å². The van der Waals surface area contributed by atoms with Gasteiger partial charge in [-0.25, -0.2) is 10.2 Å². The van der Waals surface area contributed by atoms with Crippen molar-refractivity contribution < 1.29 is 20.0 Å². The highest BCUT2D eigenvalue weighted by Gasteiger charge is 2.18. The van der Waals surface area contributed by atoms with Crippen molar-refractivity contribution in [2.45, 2.75) is 13.0 Å². The van der Waals surface area contributed by atoms with E-state index in [1.54, 1.807) is 10.6 Å². The topological polar surface area (TPSA) is 95.4 Å². The van der Waals surface area contributed by atoms with Crippen molar-refractivity contribution in [1.29, 1.82) is 0 Å². The molecule has 0 saturated heterocycles. The number of carbonyl (C=O) groups is 1. The SMILES string of the molecule is O=C(O)CCn1c(-c2ccccc2)nc2ccc([N+](=O)O)cc21. The van der Waals surface area contributed by atoms with Crippen molar-refractivity contribution in [2.75, 3.05) is 0 Å². The molecule has 3 rings (SSSR count). The molecule has 0 bridgehead atoms. The smallest absolute Gasteiger partial charge is 0.318 e.